The van der Waals surface area contributed by atoms with Crippen molar-refractivity contribution in [2.24, 2.45) is 23.7 Å². The second kappa shape index (κ2) is 8.11. The minimum atomic E-state index is -0.817. The molecule has 33 heavy (non-hydrogen) atoms. The Morgan fingerprint density at radius 3 is 2.30 bits per heavy atom. The van der Waals surface area contributed by atoms with E-state index in [9.17, 15) is 24.5 Å². The highest BCUT2D eigenvalue weighted by molar-refractivity contribution is 6.35. The maximum atomic E-state index is 13.6. The van der Waals surface area contributed by atoms with Crippen molar-refractivity contribution in [2.75, 3.05) is 0 Å². The first-order valence-corrected chi connectivity index (χ1v) is 11.4. The molecule has 2 aliphatic carbocycles. The summed E-state index contributed by atoms with van der Waals surface area (Å²) in [7, 11) is 0. The lowest BCUT2D eigenvalue weighted by Gasteiger charge is -2.31. The number of rotatable bonds is 5. The van der Waals surface area contributed by atoms with Gasteiger partial charge in [-0.25, -0.2) is 5.01 Å². The summed E-state index contributed by atoms with van der Waals surface area (Å²) in [5, 5.41) is 14.1. The smallest absolute Gasteiger partial charge is 0.272 e. The van der Waals surface area contributed by atoms with Crippen molar-refractivity contribution in [3.63, 3.8) is 0 Å². The normalized spacial score (nSPS) is 25.5. The average Bonchev–Trinajstić information content (AvgIpc) is 3.47. The lowest BCUT2D eigenvalue weighted by atomic mass is 9.81. The standard InChI is InChI=1S/C23H19Cl2N3O5/c24-15-8-7-14(17(25)10-15)11-26(21(29)16-3-1-2-4-18(16)28(32)33)27-22(30)19-12-5-6-13(9-12)20(19)23(27)31/h1-4,7-8,10,12-13,19-20H,5-6,9,11H2/t12-,13-,19-,20+/m0/s1. The van der Waals surface area contributed by atoms with E-state index >= 15 is 0 Å². The number of nitrogens with zero attached hydrogens (tertiary/aromatic N) is 3. The van der Waals surface area contributed by atoms with Gasteiger partial charge in [0.25, 0.3) is 23.4 Å². The second-order valence-corrected chi connectivity index (χ2v) is 9.59. The van der Waals surface area contributed by atoms with Crippen LogP contribution in [0.4, 0.5) is 5.69 Å². The van der Waals surface area contributed by atoms with E-state index in [1.807, 2.05) is 0 Å². The van der Waals surface area contributed by atoms with Gasteiger partial charge in [-0.2, -0.15) is 5.01 Å². The van der Waals surface area contributed by atoms with Crippen LogP contribution in [0.15, 0.2) is 42.5 Å². The Morgan fingerprint density at radius 1 is 1.06 bits per heavy atom. The Morgan fingerprint density at radius 2 is 1.70 bits per heavy atom. The summed E-state index contributed by atoms with van der Waals surface area (Å²) in [5.74, 6) is -2.30. The van der Waals surface area contributed by atoms with Crippen LogP contribution in [0.1, 0.15) is 35.2 Å². The van der Waals surface area contributed by atoms with E-state index in [2.05, 4.69) is 0 Å². The number of nitro benzene ring substituents is 1. The largest absolute Gasteiger partial charge is 0.282 e. The minimum absolute atomic E-state index is 0.128. The molecule has 2 bridgehead atoms. The summed E-state index contributed by atoms with van der Waals surface area (Å²) in [5.41, 5.74) is -0.170. The number of imide groups is 1. The van der Waals surface area contributed by atoms with E-state index < -0.39 is 40.2 Å². The van der Waals surface area contributed by atoms with E-state index in [1.165, 1.54) is 30.3 Å². The topological polar surface area (TPSA) is 101 Å². The van der Waals surface area contributed by atoms with Crippen LogP contribution < -0.4 is 0 Å². The highest BCUT2D eigenvalue weighted by Crippen LogP contribution is 2.56. The predicted octanol–water partition coefficient (Wildman–Crippen LogP) is 4.49. The molecule has 5 rings (SSSR count). The molecular formula is C23H19Cl2N3O5. The molecule has 170 valence electrons. The summed E-state index contributed by atoms with van der Waals surface area (Å²) in [6, 6.07) is 10.1. The number of nitro groups is 1. The first kappa shape index (κ1) is 21.9. The molecule has 2 saturated carbocycles. The van der Waals surface area contributed by atoms with Crippen molar-refractivity contribution in [3.8, 4) is 0 Å². The quantitative estimate of drug-likeness (QED) is 0.351. The first-order chi connectivity index (χ1) is 15.8. The number of hydrogen-bond acceptors (Lipinski definition) is 5. The maximum absolute atomic E-state index is 13.6. The molecule has 0 N–H and O–H groups in total. The van der Waals surface area contributed by atoms with Gasteiger partial charge in [0, 0.05) is 16.1 Å². The third-order valence-electron chi connectivity index (χ3n) is 7.05. The molecule has 0 radical (unpaired) electrons. The van der Waals surface area contributed by atoms with E-state index in [-0.39, 0.29) is 29.0 Å². The van der Waals surface area contributed by atoms with Gasteiger partial charge in [0.15, 0.2) is 0 Å². The fourth-order valence-electron chi connectivity index (χ4n) is 5.63. The predicted molar refractivity (Wildman–Crippen MR) is 119 cm³/mol. The monoisotopic (exact) mass is 487 g/mol. The van der Waals surface area contributed by atoms with Gasteiger partial charge in [-0.1, -0.05) is 41.4 Å². The number of amides is 3. The third kappa shape index (κ3) is 3.48. The summed E-state index contributed by atoms with van der Waals surface area (Å²) < 4.78 is 0. The number of halogens is 2. The Bertz CT molecular complexity index is 1170. The van der Waals surface area contributed by atoms with Crippen LogP contribution in [0.3, 0.4) is 0 Å². The van der Waals surface area contributed by atoms with Crippen LogP contribution >= 0.6 is 23.2 Å². The zero-order valence-electron chi connectivity index (χ0n) is 17.3. The zero-order valence-corrected chi connectivity index (χ0v) is 18.8. The van der Waals surface area contributed by atoms with Crippen LogP contribution in [0.2, 0.25) is 10.0 Å². The lowest BCUT2D eigenvalue weighted by Crippen LogP contribution is -2.50. The van der Waals surface area contributed by atoms with Gasteiger partial charge >= 0.3 is 0 Å². The fourth-order valence-corrected chi connectivity index (χ4v) is 6.10. The Balaban J connectivity index is 1.58. The summed E-state index contributed by atoms with van der Waals surface area (Å²) in [6.07, 6.45) is 2.63. The number of para-hydroxylation sites is 1. The molecule has 1 saturated heterocycles. The van der Waals surface area contributed by atoms with Crippen molar-refractivity contribution in [1.82, 2.24) is 10.0 Å². The van der Waals surface area contributed by atoms with E-state index in [0.717, 1.165) is 29.3 Å². The molecule has 3 fully saturated rings. The van der Waals surface area contributed by atoms with Crippen molar-refractivity contribution < 1.29 is 19.3 Å². The molecule has 1 heterocycles. The number of benzene rings is 2. The molecular weight excluding hydrogens is 469 g/mol. The number of fused-ring (bicyclic) bond motifs is 5. The zero-order chi connectivity index (χ0) is 23.4. The van der Waals surface area contributed by atoms with Gasteiger partial charge in [0.2, 0.25) is 0 Å². The number of hydrazine groups is 1. The number of hydrogen-bond donors (Lipinski definition) is 0. The number of carbonyl (C=O) groups is 3. The second-order valence-electron chi connectivity index (χ2n) is 8.75. The molecule has 0 spiro atoms. The Hall–Kier alpha value is -2.97. The van der Waals surface area contributed by atoms with Crippen LogP contribution in [0.25, 0.3) is 0 Å². The third-order valence-corrected chi connectivity index (χ3v) is 7.63. The van der Waals surface area contributed by atoms with Gasteiger partial charge in [0.1, 0.15) is 5.56 Å². The molecule has 2 aromatic rings. The molecule has 0 aromatic heterocycles. The average molecular weight is 488 g/mol. The summed E-state index contributed by atoms with van der Waals surface area (Å²) in [6.45, 7) is -0.215. The Labute approximate surface area is 199 Å². The van der Waals surface area contributed by atoms with Crippen LogP contribution in [-0.4, -0.2) is 32.7 Å². The molecule has 0 unspecified atom stereocenters. The molecule has 4 atom stereocenters. The molecule has 10 heteroatoms. The molecule has 2 aromatic carbocycles. The first-order valence-electron chi connectivity index (χ1n) is 10.6. The van der Waals surface area contributed by atoms with Gasteiger partial charge < -0.3 is 0 Å². The van der Waals surface area contributed by atoms with Crippen molar-refractivity contribution in [2.45, 2.75) is 25.8 Å². The SMILES string of the molecule is O=C(c1ccccc1[N+](=O)[O-])N(Cc1ccc(Cl)cc1Cl)N1C(=O)[C@@H]2[C@H]3CC[C@@H](C3)[C@@H]2C1=O. The van der Waals surface area contributed by atoms with Gasteiger partial charge in [-0.05, 0) is 54.9 Å². The van der Waals surface area contributed by atoms with E-state index in [1.54, 1.807) is 12.1 Å². The highest BCUT2D eigenvalue weighted by Gasteiger charge is 2.62. The lowest BCUT2D eigenvalue weighted by molar-refractivity contribution is -0.385. The molecule has 1 aliphatic heterocycles. The highest BCUT2D eigenvalue weighted by atomic mass is 35.5. The van der Waals surface area contributed by atoms with Crippen molar-refractivity contribution >= 4 is 46.6 Å². The van der Waals surface area contributed by atoms with Crippen molar-refractivity contribution in [3.05, 3.63) is 73.8 Å². The molecule has 3 aliphatic rings. The van der Waals surface area contributed by atoms with Crippen LogP contribution in [-0.2, 0) is 16.1 Å². The van der Waals surface area contributed by atoms with Gasteiger partial charge in [-0.15, -0.1) is 0 Å². The summed E-state index contributed by atoms with van der Waals surface area (Å²) >= 11 is 12.3. The van der Waals surface area contributed by atoms with Crippen LogP contribution in [0.5, 0.6) is 0 Å². The van der Waals surface area contributed by atoms with Gasteiger partial charge in [0.05, 0.1) is 23.3 Å². The number of carbonyl (C=O) groups excluding carboxylic acids is 3. The fraction of sp³-hybridized carbons (Fsp3) is 0.348. The van der Waals surface area contributed by atoms with E-state index in [0.29, 0.717) is 10.6 Å². The molecule has 3 amide bonds. The van der Waals surface area contributed by atoms with Gasteiger partial charge in [-0.3, -0.25) is 24.5 Å². The minimum Gasteiger partial charge on any atom is -0.272 e. The van der Waals surface area contributed by atoms with Crippen LogP contribution in [0, 0.1) is 33.8 Å². The van der Waals surface area contributed by atoms with E-state index in [4.69, 9.17) is 23.2 Å². The maximum Gasteiger partial charge on any atom is 0.282 e. The molecule has 8 nitrogen and oxygen atoms in total. The Kier molecular flexibility index (Phi) is 5.37. The van der Waals surface area contributed by atoms with Crippen molar-refractivity contribution in [1.29, 1.82) is 0 Å². The summed E-state index contributed by atoms with van der Waals surface area (Å²) in [4.78, 5) is 51.4.